The minimum absolute atomic E-state index is 0.0595. The molecular formula is C30H36O6. The summed E-state index contributed by atoms with van der Waals surface area (Å²) in [7, 11) is 0. The summed E-state index contributed by atoms with van der Waals surface area (Å²) in [5.41, 5.74) is 1.94. The van der Waals surface area contributed by atoms with Crippen LogP contribution in [-0.4, -0.2) is 36.2 Å². The second kappa shape index (κ2) is 10.3. The highest BCUT2D eigenvalue weighted by molar-refractivity contribution is 5.80. The summed E-state index contributed by atoms with van der Waals surface area (Å²) >= 11 is 0. The Balaban J connectivity index is 1.30. The van der Waals surface area contributed by atoms with Crippen molar-refractivity contribution in [2.24, 2.45) is 17.8 Å². The van der Waals surface area contributed by atoms with Crippen molar-refractivity contribution in [1.82, 2.24) is 0 Å². The Kier molecular flexibility index (Phi) is 7.07. The standard InChI is InChI=1S/C30H36O6/c1-2-12-34-28(33)35-20-36-30(11-8-27(31)32)9-6-24(7-10-30)25-4-3-5-26(16-25)29-17-21-13-22(18-29)15-23(14-21)19-29/h3-11,16,21-24H,2,12-15,17-20H2,1H3,(H,31,32)/b11-8+. The lowest BCUT2D eigenvalue weighted by atomic mass is 9.48. The molecule has 0 saturated heterocycles. The summed E-state index contributed by atoms with van der Waals surface area (Å²) in [4.78, 5) is 22.8. The molecule has 4 saturated carbocycles. The van der Waals surface area contributed by atoms with Crippen LogP contribution in [0.4, 0.5) is 4.79 Å². The Morgan fingerprint density at radius 1 is 1.03 bits per heavy atom. The lowest BCUT2D eigenvalue weighted by Crippen LogP contribution is -2.48. The first-order valence-corrected chi connectivity index (χ1v) is 13.2. The van der Waals surface area contributed by atoms with Crippen LogP contribution < -0.4 is 0 Å². The third kappa shape index (κ3) is 5.29. The van der Waals surface area contributed by atoms with E-state index in [-0.39, 0.29) is 19.3 Å². The van der Waals surface area contributed by atoms with Crippen LogP contribution in [0.1, 0.15) is 68.9 Å². The first kappa shape index (κ1) is 24.8. The highest BCUT2D eigenvalue weighted by Crippen LogP contribution is 2.60. The van der Waals surface area contributed by atoms with Crippen molar-refractivity contribution < 1.29 is 28.9 Å². The Morgan fingerprint density at radius 2 is 1.69 bits per heavy atom. The third-order valence-corrected chi connectivity index (χ3v) is 8.45. The number of hydrogen-bond acceptors (Lipinski definition) is 5. The van der Waals surface area contributed by atoms with Crippen molar-refractivity contribution >= 4 is 12.1 Å². The van der Waals surface area contributed by atoms with Gasteiger partial charge in [0.05, 0.1) is 6.61 Å². The number of carbonyl (C=O) groups excluding carboxylic acids is 1. The zero-order valence-electron chi connectivity index (χ0n) is 20.9. The second-order valence-corrected chi connectivity index (χ2v) is 11.1. The van der Waals surface area contributed by atoms with Crippen molar-refractivity contribution in [2.75, 3.05) is 13.4 Å². The van der Waals surface area contributed by atoms with E-state index in [4.69, 9.17) is 19.3 Å². The number of rotatable bonds is 9. The van der Waals surface area contributed by atoms with E-state index < -0.39 is 17.7 Å². The minimum Gasteiger partial charge on any atom is -0.478 e. The molecular weight excluding hydrogens is 456 g/mol. The molecule has 0 heterocycles. The van der Waals surface area contributed by atoms with Gasteiger partial charge < -0.3 is 19.3 Å². The number of aliphatic carboxylic acids is 1. The van der Waals surface area contributed by atoms with E-state index in [1.54, 1.807) is 0 Å². The molecule has 5 aliphatic carbocycles. The molecule has 0 aliphatic heterocycles. The van der Waals surface area contributed by atoms with E-state index in [9.17, 15) is 9.59 Å². The summed E-state index contributed by atoms with van der Waals surface area (Å²) in [6.45, 7) is 1.81. The van der Waals surface area contributed by atoms with Crippen LogP contribution >= 0.6 is 0 Å². The zero-order valence-corrected chi connectivity index (χ0v) is 20.9. The van der Waals surface area contributed by atoms with E-state index in [1.165, 1.54) is 55.7 Å². The molecule has 0 radical (unpaired) electrons. The summed E-state index contributed by atoms with van der Waals surface area (Å²) in [5, 5.41) is 9.15. The normalized spacial score (nSPS) is 34.2. The number of carbonyl (C=O) groups is 2. The summed E-state index contributed by atoms with van der Waals surface area (Å²) < 4.78 is 15.7. The predicted octanol–water partition coefficient (Wildman–Crippen LogP) is 6.28. The van der Waals surface area contributed by atoms with Gasteiger partial charge in [0.1, 0.15) is 5.60 Å². The number of hydrogen-bond donors (Lipinski definition) is 1. The molecule has 36 heavy (non-hydrogen) atoms. The molecule has 0 atom stereocenters. The SMILES string of the molecule is CCCOC(=O)OCOC1(/C=C/C(=O)O)C=CC(c2cccc(C34CC5CC(CC(C5)C3)C4)c2)C=C1. The maximum atomic E-state index is 11.6. The molecule has 1 N–H and O–H groups in total. The molecule has 5 aliphatic rings. The van der Waals surface area contributed by atoms with Crippen molar-refractivity contribution in [3.8, 4) is 0 Å². The van der Waals surface area contributed by atoms with Gasteiger partial charge in [-0.15, -0.1) is 0 Å². The van der Waals surface area contributed by atoms with Crippen molar-refractivity contribution in [2.45, 2.75) is 68.8 Å². The molecule has 0 aromatic heterocycles. The molecule has 4 bridgehead atoms. The fourth-order valence-corrected chi connectivity index (χ4v) is 7.25. The quantitative estimate of drug-likeness (QED) is 0.189. The van der Waals surface area contributed by atoms with E-state index in [2.05, 4.69) is 24.3 Å². The maximum Gasteiger partial charge on any atom is 0.510 e. The Hall–Kier alpha value is -2.86. The first-order valence-electron chi connectivity index (χ1n) is 13.2. The van der Waals surface area contributed by atoms with Gasteiger partial charge in [-0.25, -0.2) is 9.59 Å². The molecule has 4 fully saturated rings. The average molecular weight is 493 g/mol. The van der Waals surface area contributed by atoms with Gasteiger partial charge in [-0.2, -0.15) is 0 Å². The van der Waals surface area contributed by atoms with E-state index in [1.807, 2.05) is 31.2 Å². The van der Waals surface area contributed by atoms with Crippen LogP contribution in [0.2, 0.25) is 0 Å². The second-order valence-electron chi connectivity index (χ2n) is 11.1. The van der Waals surface area contributed by atoms with Crippen LogP contribution in [0.3, 0.4) is 0 Å². The van der Waals surface area contributed by atoms with Crippen molar-refractivity contribution in [3.63, 3.8) is 0 Å². The van der Waals surface area contributed by atoms with Crippen LogP contribution in [-0.2, 0) is 24.4 Å². The number of benzene rings is 1. The van der Waals surface area contributed by atoms with Gasteiger partial charge in [0.25, 0.3) is 0 Å². The highest BCUT2D eigenvalue weighted by atomic mass is 16.8. The Labute approximate surface area is 213 Å². The maximum absolute atomic E-state index is 11.6. The number of carboxylic acid groups (broad SMARTS) is 1. The van der Waals surface area contributed by atoms with Gasteiger partial charge >= 0.3 is 12.1 Å². The molecule has 0 unspecified atom stereocenters. The fourth-order valence-electron chi connectivity index (χ4n) is 7.25. The molecule has 0 spiro atoms. The molecule has 192 valence electrons. The predicted molar refractivity (Wildman–Crippen MR) is 135 cm³/mol. The van der Waals surface area contributed by atoms with Crippen LogP contribution in [0, 0.1) is 17.8 Å². The van der Waals surface area contributed by atoms with Gasteiger partial charge in [0, 0.05) is 12.0 Å². The largest absolute Gasteiger partial charge is 0.510 e. The third-order valence-electron chi connectivity index (χ3n) is 8.45. The lowest BCUT2D eigenvalue weighted by molar-refractivity contribution is -0.131. The number of ether oxygens (including phenoxy) is 3. The average Bonchev–Trinajstić information content (AvgIpc) is 2.86. The number of allylic oxidation sites excluding steroid dienone is 2. The van der Waals surface area contributed by atoms with Gasteiger partial charge in [0.15, 0.2) is 6.79 Å². The van der Waals surface area contributed by atoms with Gasteiger partial charge in [-0.05, 0) is 97.5 Å². The van der Waals surface area contributed by atoms with Gasteiger partial charge in [-0.3, -0.25) is 0 Å². The monoisotopic (exact) mass is 492 g/mol. The summed E-state index contributed by atoms with van der Waals surface area (Å²) in [5.74, 6) is 1.68. The van der Waals surface area contributed by atoms with E-state index in [0.29, 0.717) is 11.8 Å². The summed E-state index contributed by atoms with van der Waals surface area (Å²) in [6, 6.07) is 9.06. The minimum atomic E-state index is -1.11. The van der Waals surface area contributed by atoms with E-state index >= 15 is 0 Å². The molecule has 1 aromatic carbocycles. The summed E-state index contributed by atoms with van der Waals surface area (Å²) in [6.07, 6.45) is 18.4. The Bertz CT molecular complexity index is 1020. The van der Waals surface area contributed by atoms with Gasteiger partial charge in [0.2, 0.25) is 0 Å². The van der Waals surface area contributed by atoms with Crippen molar-refractivity contribution in [1.29, 1.82) is 0 Å². The molecule has 1 aromatic rings. The highest BCUT2D eigenvalue weighted by Gasteiger charge is 2.51. The molecule has 6 rings (SSSR count). The fraction of sp³-hybridized carbons (Fsp3) is 0.533. The van der Waals surface area contributed by atoms with Crippen LogP contribution in [0.25, 0.3) is 0 Å². The first-order chi connectivity index (χ1) is 17.4. The molecule has 6 nitrogen and oxygen atoms in total. The van der Waals surface area contributed by atoms with E-state index in [0.717, 1.165) is 23.8 Å². The van der Waals surface area contributed by atoms with Crippen molar-refractivity contribution in [3.05, 3.63) is 71.8 Å². The van der Waals surface area contributed by atoms with Gasteiger partial charge in [-0.1, -0.05) is 43.3 Å². The zero-order chi connectivity index (χ0) is 25.2. The smallest absolute Gasteiger partial charge is 0.478 e. The molecule has 6 heteroatoms. The van der Waals surface area contributed by atoms with Crippen LogP contribution in [0.5, 0.6) is 0 Å². The van der Waals surface area contributed by atoms with Crippen LogP contribution in [0.15, 0.2) is 60.7 Å². The number of carboxylic acids is 1. The molecule has 0 amide bonds. The Morgan fingerprint density at radius 3 is 2.31 bits per heavy atom. The topological polar surface area (TPSA) is 82.1 Å². The lowest BCUT2D eigenvalue weighted by Gasteiger charge is -2.57.